The van der Waals surface area contributed by atoms with Gasteiger partial charge in [0.15, 0.2) is 5.82 Å². The Labute approximate surface area is 139 Å². The Morgan fingerprint density at radius 1 is 1.30 bits per heavy atom. The molecule has 1 aliphatic carbocycles. The Balaban J connectivity index is 1.76. The Bertz CT molecular complexity index is 713. The van der Waals surface area contributed by atoms with Crippen molar-refractivity contribution in [2.24, 2.45) is 0 Å². The number of carbonyl (C=O) groups excluding carboxylic acids is 1. The summed E-state index contributed by atoms with van der Waals surface area (Å²) in [6.07, 6.45) is 8.19. The zero-order valence-electron chi connectivity index (χ0n) is 13.3. The van der Waals surface area contributed by atoms with Crippen LogP contribution in [-0.4, -0.2) is 21.0 Å². The Hall–Kier alpha value is -2.02. The molecule has 6 nitrogen and oxygen atoms in total. The van der Waals surface area contributed by atoms with Crippen LogP contribution in [0.2, 0.25) is 0 Å². The monoisotopic (exact) mass is 332 g/mol. The molecule has 0 unspecified atom stereocenters. The highest BCUT2D eigenvalue weighted by Gasteiger charge is 2.39. The summed E-state index contributed by atoms with van der Waals surface area (Å²) in [7, 11) is 0. The Morgan fingerprint density at radius 3 is 2.70 bits per heavy atom. The maximum atomic E-state index is 12.4. The van der Waals surface area contributed by atoms with Gasteiger partial charge in [0, 0.05) is 18.4 Å². The zero-order valence-corrected chi connectivity index (χ0v) is 14.2. The summed E-state index contributed by atoms with van der Waals surface area (Å²) in [4.78, 5) is 21.0. The molecule has 2 aromatic heterocycles. The second kappa shape index (κ2) is 6.62. The number of hydrogen-bond acceptors (Lipinski definition) is 6. The Morgan fingerprint density at radius 2 is 2.09 bits per heavy atom. The van der Waals surface area contributed by atoms with Crippen molar-refractivity contribution < 1.29 is 9.32 Å². The van der Waals surface area contributed by atoms with Crippen molar-refractivity contribution in [3.63, 3.8) is 0 Å². The predicted octanol–water partition coefficient (Wildman–Crippen LogP) is 3.13. The van der Waals surface area contributed by atoms with Gasteiger partial charge in [0.1, 0.15) is 5.54 Å². The number of thiazole rings is 1. The van der Waals surface area contributed by atoms with Crippen LogP contribution in [0.5, 0.6) is 0 Å². The van der Waals surface area contributed by atoms with Crippen molar-refractivity contribution in [3.8, 4) is 0 Å². The summed E-state index contributed by atoms with van der Waals surface area (Å²) >= 11 is 1.56. The van der Waals surface area contributed by atoms with Crippen LogP contribution in [0, 0.1) is 13.8 Å². The molecule has 1 fully saturated rings. The van der Waals surface area contributed by atoms with Gasteiger partial charge in [-0.3, -0.25) is 4.79 Å². The molecular formula is C16H20N4O2S. The van der Waals surface area contributed by atoms with E-state index in [2.05, 4.69) is 20.4 Å². The number of hydrogen-bond donors (Lipinski definition) is 1. The summed E-state index contributed by atoms with van der Waals surface area (Å²) in [5.74, 6) is 0.952. The van der Waals surface area contributed by atoms with Crippen LogP contribution in [0.25, 0.3) is 6.08 Å². The van der Waals surface area contributed by atoms with Crippen molar-refractivity contribution in [2.75, 3.05) is 0 Å². The largest absolute Gasteiger partial charge is 0.340 e. The molecule has 3 rings (SSSR count). The fourth-order valence-electron chi connectivity index (χ4n) is 2.95. The van der Waals surface area contributed by atoms with Gasteiger partial charge in [0.2, 0.25) is 11.8 Å². The topological polar surface area (TPSA) is 80.9 Å². The number of rotatable bonds is 4. The molecule has 7 heteroatoms. The number of nitrogens with one attached hydrogen (secondary N) is 1. The third-order valence-electron chi connectivity index (χ3n) is 4.07. The van der Waals surface area contributed by atoms with Gasteiger partial charge in [0.05, 0.1) is 10.7 Å². The molecule has 0 saturated heterocycles. The second-order valence-electron chi connectivity index (χ2n) is 5.89. The highest BCUT2D eigenvalue weighted by molar-refractivity contribution is 7.09. The molecule has 1 N–H and O–H groups in total. The SMILES string of the molecule is Cc1nc(C2(NC(=O)C=Cc3csc(C)n3)CCCCC2)no1. The van der Waals surface area contributed by atoms with Crippen molar-refractivity contribution in [3.05, 3.63) is 33.9 Å². The van der Waals surface area contributed by atoms with Crippen LogP contribution < -0.4 is 5.32 Å². The molecule has 0 spiro atoms. The van der Waals surface area contributed by atoms with Crippen LogP contribution in [0.15, 0.2) is 16.0 Å². The number of aryl methyl sites for hydroxylation is 2. The molecule has 2 aromatic rings. The van der Waals surface area contributed by atoms with Gasteiger partial charge in [-0.05, 0) is 25.8 Å². The van der Waals surface area contributed by atoms with E-state index in [1.54, 1.807) is 24.3 Å². The standard InChI is InChI=1S/C16H20N4O2S/c1-11-17-15(20-22-11)16(8-4-3-5-9-16)19-14(21)7-6-13-10-23-12(2)18-13/h6-7,10H,3-5,8-9H2,1-2H3,(H,19,21). The lowest BCUT2D eigenvalue weighted by Gasteiger charge is -2.34. The van der Waals surface area contributed by atoms with Crippen LogP contribution >= 0.6 is 11.3 Å². The van der Waals surface area contributed by atoms with Gasteiger partial charge in [0.25, 0.3) is 0 Å². The zero-order chi connectivity index (χ0) is 16.3. The molecule has 1 saturated carbocycles. The summed E-state index contributed by atoms with van der Waals surface area (Å²) in [6.45, 7) is 3.71. The first-order chi connectivity index (χ1) is 11.1. The fraction of sp³-hybridized carbons (Fsp3) is 0.500. The molecule has 0 atom stereocenters. The van der Waals surface area contributed by atoms with Crippen molar-refractivity contribution in [1.82, 2.24) is 20.4 Å². The van der Waals surface area contributed by atoms with Crippen molar-refractivity contribution >= 4 is 23.3 Å². The van der Waals surface area contributed by atoms with E-state index in [4.69, 9.17) is 4.52 Å². The van der Waals surface area contributed by atoms with Gasteiger partial charge < -0.3 is 9.84 Å². The van der Waals surface area contributed by atoms with Gasteiger partial charge in [-0.25, -0.2) is 4.98 Å². The molecule has 0 aromatic carbocycles. The van der Waals surface area contributed by atoms with E-state index >= 15 is 0 Å². The lowest BCUT2D eigenvalue weighted by Crippen LogP contribution is -2.47. The summed E-state index contributed by atoms with van der Waals surface area (Å²) < 4.78 is 5.12. The summed E-state index contributed by atoms with van der Waals surface area (Å²) in [5.41, 5.74) is 0.283. The van der Waals surface area contributed by atoms with E-state index in [9.17, 15) is 4.79 Å². The average Bonchev–Trinajstić information content (AvgIpc) is 3.15. The van der Waals surface area contributed by atoms with E-state index < -0.39 is 5.54 Å². The molecule has 23 heavy (non-hydrogen) atoms. The van der Waals surface area contributed by atoms with Crippen molar-refractivity contribution in [2.45, 2.75) is 51.5 Å². The molecule has 0 radical (unpaired) electrons. The molecule has 0 bridgehead atoms. The third kappa shape index (κ3) is 3.67. The van der Waals surface area contributed by atoms with Crippen LogP contribution in [0.3, 0.4) is 0 Å². The second-order valence-corrected chi connectivity index (χ2v) is 6.96. The highest BCUT2D eigenvalue weighted by Crippen LogP contribution is 2.35. The third-order valence-corrected chi connectivity index (χ3v) is 4.86. The van der Waals surface area contributed by atoms with E-state index in [0.29, 0.717) is 11.7 Å². The maximum absolute atomic E-state index is 12.4. The first-order valence-corrected chi connectivity index (χ1v) is 8.68. The number of amides is 1. The first kappa shape index (κ1) is 15.9. The average molecular weight is 332 g/mol. The normalized spacial score (nSPS) is 17.5. The molecule has 2 heterocycles. The van der Waals surface area contributed by atoms with Crippen LogP contribution in [0.4, 0.5) is 0 Å². The van der Waals surface area contributed by atoms with E-state index in [0.717, 1.165) is 36.4 Å². The lowest BCUT2D eigenvalue weighted by molar-refractivity contribution is -0.119. The smallest absolute Gasteiger partial charge is 0.244 e. The predicted molar refractivity (Wildman–Crippen MR) is 87.8 cm³/mol. The Kier molecular flexibility index (Phi) is 4.56. The van der Waals surface area contributed by atoms with E-state index in [1.165, 1.54) is 12.5 Å². The minimum atomic E-state index is -0.518. The number of nitrogens with zero attached hydrogens (tertiary/aromatic N) is 3. The molecule has 1 amide bonds. The molecular weight excluding hydrogens is 312 g/mol. The molecule has 122 valence electrons. The van der Waals surface area contributed by atoms with Gasteiger partial charge in [-0.2, -0.15) is 4.98 Å². The highest BCUT2D eigenvalue weighted by atomic mass is 32.1. The lowest BCUT2D eigenvalue weighted by atomic mass is 9.81. The quantitative estimate of drug-likeness (QED) is 0.870. The van der Waals surface area contributed by atoms with Crippen LogP contribution in [0.1, 0.15) is 54.5 Å². The summed E-state index contributed by atoms with van der Waals surface area (Å²) in [5, 5.41) is 10.1. The maximum Gasteiger partial charge on any atom is 0.244 e. The number of carbonyl (C=O) groups is 1. The molecule has 1 aliphatic rings. The van der Waals surface area contributed by atoms with Crippen molar-refractivity contribution in [1.29, 1.82) is 0 Å². The summed E-state index contributed by atoms with van der Waals surface area (Å²) in [6, 6.07) is 0. The van der Waals surface area contributed by atoms with E-state index in [-0.39, 0.29) is 5.91 Å². The van der Waals surface area contributed by atoms with Gasteiger partial charge >= 0.3 is 0 Å². The van der Waals surface area contributed by atoms with E-state index in [1.807, 2.05) is 12.3 Å². The van der Waals surface area contributed by atoms with Gasteiger partial charge in [-0.15, -0.1) is 11.3 Å². The fourth-order valence-corrected chi connectivity index (χ4v) is 3.53. The van der Waals surface area contributed by atoms with Gasteiger partial charge in [-0.1, -0.05) is 24.4 Å². The first-order valence-electron chi connectivity index (χ1n) is 7.81. The minimum absolute atomic E-state index is 0.153. The minimum Gasteiger partial charge on any atom is -0.340 e. The number of aromatic nitrogens is 3. The molecule has 0 aliphatic heterocycles. The van der Waals surface area contributed by atoms with Crippen LogP contribution in [-0.2, 0) is 10.3 Å².